The molecule has 0 amide bonds. The molecule has 204 valence electrons. The van der Waals surface area contributed by atoms with E-state index in [1.807, 2.05) is 42.6 Å². The maximum Gasteiger partial charge on any atom is 0.243 e. The highest BCUT2D eigenvalue weighted by atomic mass is 32.2. The Labute approximate surface area is 235 Å². The summed E-state index contributed by atoms with van der Waals surface area (Å²) in [5.41, 5.74) is 4.05. The Morgan fingerprint density at radius 2 is 1.51 bits per heavy atom. The van der Waals surface area contributed by atoms with Gasteiger partial charge in [0, 0.05) is 29.6 Å². The minimum Gasteiger partial charge on any atom is -0.236 e. The van der Waals surface area contributed by atoms with Gasteiger partial charge in [0.2, 0.25) is 10.0 Å². The average molecular weight is 581 g/mol. The van der Waals surface area contributed by atoms with Crippen molar-refractivity contribution in [3.8, 4) is 21.8 Å². The van der Waals surface area contributed by atoms with Crippen molar-refractivity contribution in [2.75, 3.05) is 13.1 Å². The third kappa shape index (κ3) is 6.17. The number of sulfonamides is 1. The first-order valence-corrected chi connectivity index (χ1v) is 16.9. The number of benzene rings is 3. The van der Waals surface area contributed by atoms with E-state index in [-0.39, 0.29) is 10.6 Å². The van der Waals surface area contributed by atoms with E-state index in [4.69, 9.17) is 4.98 Å². The Morgan fingerprint density at radius 3 is 2.18 bits per heavy atom. The average Bonchev–Trinajstić information content (AvgIpc) is 3.39. The Balaban J connectivity index is 1.33. The van der Waals surface area contributed by atoms with Gasteiger partial charge in [-0.15, -0.1) is 11.3 Å². The van der Waals surface area contributed by atoms with Gasteiger partial charge < -0.3 is 0 Å². The van der Waals surface area contributed by atoms with E-state index in [9.17, 15) is 16.8 Å². The molecule has 2 heterocycles. The minimum atomic E-state index is -3.59. The molecule has 1 fully saturated rings. The Hall–Kier alpha value is -2.85. The van der Waals surface area contributed by atoms with Crippen molar-refractivity contribution >= 4 is 31.2 Å². The number of sulfone groups is 1. The predicted molar refractivity (Wildman–Crippen MR) is 157 cm³/mol. The Bertz CT molecular complexity index is 1670. The number of thiazole rings is 1. The van der Waals surface area contributed by atoms with E-state index < -0.39 is 19.9 Å². The van der Waals surface area contributed by atoms with Crippen molar-refractivity contribution in [3.63, 3.8) is 0 Å². The summed E-state index contributed by atoms with van der Waals surface area (Å²) in [6.45, 7) is 7.20. The molecular weight excluding hydrogens is 549 g/mol. The molecule has 2 unspecified atom stereocenters. The molecule has 1 aliphatic rings. The number of piperidine rings is 1. The lowest BCUT2D eigenvalue weighted by molar-refractivity contribution is 0.222. The van der Waals surface area contributed by atoms with E-state index in [0.29, 0.717) is 41.1 Å². The molecule has 0 bridgehead atoms. The van der Waals surface area contributed by atoms with Crippen LogP contribution in [0.3, 0.4) is 0 Å². The molecular formula is C30H32N2O4S3. The van der Waals surface area contributed by atoms with Crippen LogP contribution in [0.2, 0.25) is 0 Å². The van der Waals surface area contributed by atoms with Crippen LogP contribution >= 0.6 is 11.3 Å². The lowest BCUT2D eigenvalue weighted by Crippen LogP contribution is -2.42. The van der Waals surface area contributed by atoms with E-state index >= 15 is 0 Å². The van der Waals surface area contributed by atoms with E-state index in [1.54, 1.807) is 46.8 Å². The second-order valence-electron chi connectivity index (χ2n) is 10.6. The summed E-state index contributed by atoms with van der Waals surface area (Å²) in [6, 6.07) is 21.3. The van der Waals surface area contributed by atoms with Gasteiger partial charge in [0.15, 0.2) is 9.84 Å². The number of hydrogen-bond acceptors (Lipinski definition) is 6. The van der Waals surface area contributed by atoms with Crippen LogP contribution in [0.5, 0.6) is 0 Å². The summed E-state index contributed by atoms with van der Waals surface area (Å²) in [5.74, 6) is 0.596. The van der Waals surface area contributed by atoms with Crippen molar-refractivity contribution in [1.29, 1.82) is 0 Å². The first kappa shape index (κ1) is 27.7. The summed E-state index contributed by atoms with van der Waals surface area (Å²) in [6.07, 6.45) is 1.04. The molecule has 4 aromatic rings. The summed E-state index contributed by atoms with van der Waals surface area (Å²) in [5, 5.41) is 2.70. The normalized spacial score (nSPS) is 18.7. The van der Waals surface area contributed by atoms with Gasteiger partial charge in [0.05, 0.1) is 21.2 Å². The lowest BCUT2D eigenvalue weighted by Gasteiger charge is -2.34. The number of nitrogens with zero attached hydrogens (tertiary/aromatic N) is 2. The molecule has 5 rings (SSSR count). The molecule has 6 nitrogen and oxygen atoms in total. The molecule has 1 aromatic heterocycles. The van der Waals surface area contributed by atoms with Crippen LogP contribution in [0.4, 0.5) is 0 Å². The fourth-order valence-electron chi connectivity index (χ4n) is 5.10. The smallest absolute Gasteiger partial charge is 0.236 e. The lowest BCUT2D eigenvalue weighted by atomic mass is 9.94. The highest BCUT2D eigenvalue weighted by Gasteiger charge is 2.31. The van der Waals surface area contributed by atoms with E-state index in [2.05, 4.69) is 13.8 Å². The fraction of sp³-hybridized carbons (Fsp3) is 0.300. The summed E-state index contributed by atoms with van der Waals surface area (Å²) in [4.78, 5) is 5.36. The van der Waals surface area contributed by atoms with Crippen molar-refractivity contribution in [2.45, 2.75) is 42.7 Å². The molecule has 0 spiro atoms. The molecule has 0 aliphatic carbocycles. The van der Waals surface area contributed by atoms with Crippen LogP contribution < -0.4 is 0 Å². The van der Waals surface area contributed by atoms with Gasteiger partial charge in [-0.1, -0.05) is 67.9 Å². The second-order valence-corrected chi connectivity index (χ2v) is 15.4. The first-order chi connectivity index (χ1) is 18.5. The number of rotatable bonds is 7. The Morgan fingerprint density at radius 1 is 0.846 bits per heavy atom. The summed E-state index contributed by atoms with van der Waals surface area (Å²) >= 11 is 1.47. The molecule has 0 N–H and O–H groups in total. The van der Waals surface area contributed by atoms with E-state index in [0.717, 1.165) is 28.1 Å². The first-order valence-electron chi connectivity index (χ1n) is 13.0. The topological polar surface area (TPSA) is 84.4 Å². The maximum atomic E-state index is 13.4. The molecule has 2 atom stereocenters. The third-order valence-corrected chi connectivity index (χ3v) is 11.5. The fourth-order valence-corrected chi connectivity index (χ4v) is 9.01. The van der Waals surface area contributed by atoms with Gasteiger partial charge in [0.1, 0.15) is 5.01 Å². The summed E-state index contributed by atoms with van der Waals surface area (Å²) in [7, 11) is -7.02. The zero-order valence-corrected chi connectivity index (χ0v) is 24.7. The molecule has 1 saturated heterocycles. The maximum absolute atomic E-state index is 13.4. The standard InChI is InChI=1S/C30H32N2O4S3/c1-21-7-13-27(14-8-21)38(33,34)20-24-9-11-25(12-10-24)30-31-29(19-37-30)26-5-4-6-28(16-26)39(35,36)32-17-22(2)15-23(3)18-32/h4-14,16,19,22-23H,15,17-18,20H2,1-3H3. The highest BCUT2D eigenvalue weighted by Crippen LogP contribution is 2.32. The van der Waals surface area contributed by atoms with Gasteiger partial charge in [-0.2, -0.15) is 4.31 Å². The van der Waals surface area contributed by atoms with Crippen molar-refractivity contribution in [1.82, 2.24) is 9.29 Å². The Kier molecular flexibility index (Phi) is 7.79. The van der Waals surface area contributed by atoms with Crippen LogP contribution in [-0.4, -0.2) is 39.2 Å². The van der Waals surface area contributed by atoms with Gasteiger partial charge in [-0.05, 0) is 55.0 Å². The van der Waals surface area contributed by atoms with Gasteiger partial charge in [-0.25, -0.2) is 21.8 Å². The van der Waals surface area contributed by atoms with Gasteiger partial charge in [-0.3, -0.25) is 0 Å². The molecule has 39 heavy (non-hydrogen) atoms. The van der Waals surface area contributed by atoms with Crippen molar-refractivity contribution in [2.24, 2.45) is 11.8 Å². The molecule has 1 aliphatic heterocycles. The van der Waals surface area contributed by atoms with Gasteiger partial charge >= 0.3 is 0 Å². The van der Waals surface area contributed by atoms with Crippen LogP contribution in [0.1, 0.15) is 31.4 Å². The van der Waals surface area contributed by atoms with Crippen LogP contribution in [0.25, 0.3) is 21.8 Å². The zero-order chi connectivity index (χ0) is 27.8. The number of aryl methyl sites for hydroxylation is 1. The van der Waals surface area contributed by atoms with Crippen LogP contribution in [0.15, 0.2) is 88.0 Å². The van der Waals surface area contributed by atoms with Gasteiger partial charge in [0.25, 0.3) is 0 Å². The molecule has 0 radical (unpaired) electrons. The number of aromatic nitrogens is 1. The second kappa shape index (κ2) is 11.0. The highest BCUT2D eigenvalue weighted by molar-refractivity contribution is 7.90. The summed E-state index contributed by atoms with van der Waals surface area (Å²) < 4.78 is 54.0. The van der Waals surface area contributed by atoms with Crippen LogP contribution in [-0.2, 0) is 25.6 Å². The van der Waals surface area contributed by atoms with Crippen molar-refractivity contribution < 1.29 is 16.8 Å². The predicted octanol–water partition coefficient (Wildman–Crippen LogP) is 6.43. The minimum absolute atomic E-state index is 0.0741. The largest absolute Gasteiger partial charge is 0.243 e. The SMILES string of the molecule is Cc1ccc(S(=O)(=O)Cc2ccc(-c3nc(-c4cccc(S(=O)(=O)N5CC(C)CC(C)C5)c4)cs3)cc2)cc1. The molecule has 0 saturated carbocycles. The third-order valence-electron chi connectivity index (χ3n) is 7.04. The van der Waals surface area contributed by atoms with Crippen LogP contribution in [0, 0.1) is 18.8 Å². The quantitative estimate of drug-likeness (QED) is 0.252. The van der Waals surface area contributed by atoms with Crippen molar-refractivity contribution in [3.05, 3.63) is 89.3 Å². The molecule has 3 aromatic carbocycles. The van der Waals surface area contributed by atoms with E-state index in [1.165, 1.54) is 11.3 Å². The number of hydrogen-bond donors (Lipinski definition) is 0. The zero-order valence-electron chi connectivity index (χ0n) is 22.2. The monoisotopic (exact) mass is 580 g/mol. The molecule has 9 heteroatoms.